The first-order chi connectivity index (χ1) is 20.0. The molecule has 0 aliphatic carbocycles. The summed E-state index contributed by atoms with van der Waals surface area (Å²) in [5, 5.41) is 10.3. The number of nitrogens with zero attached hydrogens (tertiary/aromatic N) is 3. The quantitative estimate of drug-likeness (QED) is 0.267. The van der Waals surface area contributed by atoms with E-state index in [1.165, 1.54) is 5.56 Å². The predicted molar refractivity (Wildman–Crippen MR) is 159 cm³/mol. The van der Waals surface area contributed by atoms with E-state index in [9.17, 15) is 9.90 Å². The molecule has 0 saturated carbocycles. The van der Waals surface area contributed by atoms with E-state index in [2.05, 4.69) is 39.8 Å². The van der Waals surface area contributed by atoms with E-state index in [-0.39, 0.29) is 17.8 Å². The van der Waals surface area contributed by atoms with E-state index in [0.717, 1.165) is 84.3 Å². The van der Waals surface area contributed by atoms with Gasteiger partial charge in [0.15, 0.2) is 0 Å². The number of hydrogen-bond acceptors (Lipinski definition) is 5. The first-order valence-electron chi connectivity index (χ1n) is 14.3. The number of aromatic carboxylic acids is 1. The Hall–Kier alpha value is -3.65. The molecule has 7 nitrogen and oxygen atoms in total. The largest absolute Gasteiger partial charge is 0.481 e. The van der Waals surface area contributed by atoms with Crippen molar-refractivity contribution in [3.05, 3.63) is 99.8 Å². The average molecular weight is 570 g/mol. The highest BCUT2D eigenvalue weighted by molar-refractivity contribution is 6.30. The third kappa shape index (κ3) is 5.25. The summed E-state index contributed by atoms with van der Waals surface area (Å²) in [5.41, 5.74) is 5.47. The molecule has 4 aromatic rings. The first kappa shape index (κ1) is 26.3. The van der Waals surface area contributed by atoms with Crippen LogP contribution in [0, 0.1) is 0 Å². The molecule has 3 aromatic carbocycles. The topological polar surface area (TPSA) is 76.8 Å². The number of hydrogen-bond donors (Lipinski definition) is 1. The zero-order chi connectivity index (χ0) is 27.9. The standard InChI is InChI=1S/C33H32ClN3O4/c34-25-8-4-22(5-9-25)30-11-7-23-2-1-3-27(32(23)41-30)21-12-15-36(16-13-21)20-31-35-28-10-6-24(33(38)39)18-29(28)37(31)19-26-14-17-40-26/h1-11,18,21,26,30H,12-17,19-20H2,(H,38,39)/t26-,30+/m0/s1. The minimum atomic E-state index is -0.926. The SMILES string of the molecule is O=C(O)c1ccc2nc(CN3CCC(c4cccc5c4O[C@@H](c4ccc(Cl)cc4)C=C5)CC3)n(C[C@@H]3CCO3)c2c1. The van der Waals surface area contributed by atoms with E-state index in [1.54, 1.807) is 12.1 Å². The van der Waals surface area contributed by atoms with Crippen molar-refractivity contribution in [1.82, 2.24) is 14.5 Å². The maximum atomic E-state index is 11.6. The number of ether oxygens (including phenoxy) is 2. The van der Waals surface area contributed by atoms with Crippen LogP contribution in [0.2, 0.25) is 5.02 Å². The number of benzene rings is 3. The Morgan fingerprint density at radius 1 is 1.05 bits per heavy atom. The lowest BCUT2D eigenvalue weighted by Gasteiger charge is -2.34. The number of carbonyl (C=O) groups is 1. The Balaban J connectivity index is 1.07. The smallest absolute Gasteiger partial charge is 0.335 e. The molecular weight excluding hydrogens is 538 g/mol. The van der Waals surface area contributed by atoms with Crippen molar-refractivity contribution in [3.63, 3.8) is 0 Å². The van der Waals surface area contributed by atoms with Gasteiger partial charge in [0.05, 0.1) is 35.8 Å². The van der Waals surface area contributed by atoms with Crippen LogP contribution in [0.4, 0.5) is 0 Å². The van der Waals surface area contributed by atoms with Crippen LogP contribution in [0.5, 0.6) is 5.75 Å². The highest BCUT2D eigenvalue weighted by atomic mass is 35.5. The highest BCUT2D eigenvalue weighted by Crippen LogP contribution is 2.42. The van der Waals surface area contributed by atoms with Crippen LogP contribution in [-0.4, -0.2) is 51.3 Å². The molecule has 210 valence electrons. The molecule has 2 saturated heterocycles. The highest BCUT2D eigenvalue weighted by Gasteiger charge is 2.28. The van der Waals surface area contributed by atoms with Gasteiger partial charge in [-0.15, -0.1) is 0 Å². The summed E-state index contributed by atoms with van der Waals surface area (Å²) in [6, 6.07) is 19.5. The van der Waals surface area contributed by atoms with Crippen LogP contribution < -0.4 is 4.74 Å². The van der Waals surface area contributed by atoms with Gasteiger partial charge in [-0.3, -0.25) is 4.90 Å². The van der Waals surface area contributed by atoms with Gasteiger partial charge in [-0.05, 0) is 85.8 Å². The number of imidazole rings is 1. The van der Waals surface area contributed by atoms with Gasteiger partial charge < -0.3 is 19.1 Å². The number of carboxylic acid groups (broad SMARTS) is 1. The zero-order valence-corrected chi connectivity index (χ0v) is 23.5. The van der Waals surface area contributed by atoms with E-state index in [1.807, 2.05) is 30.3 Å². The maximum absolute atomic E-state index is 11.6. The van der Waals surface area contributed by atoms with E-state index >= 15 is 0 Å². The van der Waals surface area contributed by atoms with Gasteiger partial charge >= 0.3 is 5.97 Å². The Morgan fingerprint density at radius 2 is 1.85 bits per heavy atom. The maximum Gasteiger partial charge on any atom is 0.335 e. The molecule has 0 spiro atoms. The molecule has 8 heteroatoms. The number of aromatic nitrogens is 2. The van der Waals surface area contributed by atoms with Crippen molar-refractivity contribution in [2.24, 2.45) is 0 Å². The summed E-state index contributed by atoms with van der Waals surface area (Å²) in [4.78, 5) is 19.0. The molecule has 0 unspecified atom stereocenters. The third-order valence-electron chi connectivity index (χ3n) is 8.62. The normalized spacial score (nSPS) is 20.9. The fourth-order valence-corrected chi connectivity index (χ4v) is 6.34. The van der Waals surface area contributed by atoms with E-state index < -0.39 is 5.97 Å². The Kier molecular flexibility index (Phi) is 7.03. The predicted octanol–water partition coefficient (Wildman–Crippen LogP) is 6.70. The summed E-state index contributed by atoms with van der Waals surface area (Å²) in [5.74, 6) is 1.45. The molecule has 3 aliphatic heterocycles. The first-order valence-corrected chi connectivity index (χ1v) is 14.7. The fraction of sp³-hybridized carbons (Fsp3) is 0.333. The minimum Gasteiger partial charge on any atom is -0.481 e. The minimum absolute atomic E-state index is 0.129. The van der Waals surface area contributed by atoms with Crippen molar-refractivity contribution in [3.8, 4) is 5.75 Å². The molecule has 0 bridgehead atoms. The molecule has 3 aliphatic rings. The fourth-order valence-electron chi connectivity index (χ4n) is 6.22. The number of fused-ring (bicyclic) bond motifs is 2. The molecule has 0 radical (unpaired) electrons. The van der Waals surface area contributed by atoms with Gasteiger partial charge in [0.25, 0.3) is 0 Å². The summed E-state index contributed by atoms with van der Waals surface area (Å²) in [6.07, 6.45) is 7.38. The Labute approximate surface area is 244 Å². The molecule has 41 heavy (non-hydrogen) atoms. The second-order valence-corrected chi connectivity index (χ2v) is 11.6. The van der Waals surface area contributed by atoms with Gasteiger partial charge in [0, 0.05) is 17.2 Å². The lowest BCUT2D eigenvalue weighted by atomic mass is 9.87. The van der Waals surface area contributed by atoms with Gasteiger partial charge in [0.1, 0.15) is 17.7 Å². The molecule has 1 aromatic heterocycles. The van der Waals surface area contributed by atoms with E-state index in [4.69, 9.17) is 26.1 Å². The average Bonchev–Trinajstić information content (AvgIpc) is 3.31. The lowest BCUT2D eigenvalue weighted by molar-refractivity contribution is -0.0592. The third-order valence-corrected chi connectivity index (χ3v) is 8.87. The monoisotopic (exact) mass is 569 g/mol. The van der Waals surface area contributed by atoms with Crippen LogP contribution in [0.3, 0.4) is 0 Å². The molecule has 2 atom stereocenters. The van der Waals surface area contributed by atoms with E-state index in [0.29, 0.717) is 12.5 Å². The lowest BCUT2D eigenvalue weighted by Crippen LogP contribution is -2.35. The molecule has 2 fully saturated rings. The molecule has 1 N–H and O–H groups in total. The van der Waals surface area contributed by atoms with Crippen molar-refractivity contribution >= 4 is 34.7 Å². The van der Waals surface area contributed by atoms with Crippen LogP contribution in [-0.2, 0) is 17.8 Å². The Bertz CT molecular complexity index is 1620. The second-order valence-electron chi connectivity index (χ2n) is 11.2. The summed E-state index contributed by atoms with van der Waals surface area (Å²) in [6.45, 7) is 4.11. The summed E-state index contributed by atoms with van der Waals surface area (Å²) in [7, 11) is 0. The van der Waals surface area contributed by atoms with Crippen molar-refractivity contribution in [1.29, 1.82) is 0 Å². The van der Waals surface area contributed by atoms with Gasteiger partial charge in [-0.1, -0.05) is 48.0 Å². The number of halogens is 1. The van der Waals surface area contributed by atoms with Crippen molar-refractivity contribution in [2.75, 3.05) is 19.7 Å². The number of carboxylic acids is 1. The second kappa shape index (κ2) is 11.0. The van der Waals surface area contributed by atoms with Gasteiger partial charge in [0.2, 0.25) is 0 Å². The molecule has 7 rings (SSSR count). The van der Waals surface area contributed by atoms with Crippen LogP contribution in [0.25, 0.3) is 17.1 Å². The molecule has 0 amide bonds. The zero-order valence-electron chi connectivity index (χ0n) is 22.7. The van der Waals surface area contributed by atoms with Crippen LogP contribution in [0.1, 0.15) is 64.2 Å². The number of likely N-dealkylation sites (tertiary alicyclic amines) is 1. The number of rotatable bonds is 7. The van der Waals surface area contributed by atoms with Crippen LogP contribution in [0.15, 0.2) is 66.7 Å². The molecule has 4 heterocycles. The number of para-hydroxylation sites is 1. The summed E-state index contributed by atoms with van der Waals surface area (Å²) < 4.78 is 14.5. The molecular formula is C33H32ClN3O4. The van der Waals surface area contributed by atoms with Gasteiger partial charge in [-0.2, -0.15) is 0 Å². The van der Waals surface area contributed by atoms with Gasteiger partial charge in [-0.25, -0.2) is 9.78 Å². The van der Waals surface area contributed by atoms with Crippen LogP contribution >= 0.6 is 11.6 Å². The van der Waals surface area contributed by atoms with Crippen molar-refractivity contribution < 1.29 is 19.4 Å². The number of piperidine rings is 1. The Morgan fingerprint density at radius 3 is 2.59 bits per heavy atom. The van der Waals surface area contributed by atoms with Crippen molar-refractivity contribution in [2.45, 2.75) is 50.5 Å². The summed E-state index contributed by atoms with van der Waals surface area (Å²) >= 11 is 6.10.